The van der Waals surface area contributed by atoms with Crippen molar-refractivity contribution < 1.29 is 4.79 Å². The summed E-state index contributed by atoms with van der Waals surface area (Å²) >= 11 is 0. The predicted octanol–water partition coefficient (Wildman–Crippen LogP) is 0.853. The van der Waals surface area contributed by atoms with E-state index < -0.39 is 5.91 Å². The van der Waals surface area contributed by atoms with Crippen LogP contribution < -0.4 is 11.5 Å². The summed E-state index contributed by atoms with van der Waals surface area (Å²) in [5.74, 6) is -0.461. The van der Waals surface area contributed by atoms with Gasteiger partial charge in [-0.15, -0.1) is 0 Å². The monoisotopic (exact) mass is 176 g/mol. The van der Waals surface area contributed by atoms with Crippen LogP contribution in [0.2, 0.25) is 0 Å². The second-order valence-electron chi connectivity index (χ2n) is 2.89. The average Bonchev–Trinajstić information content (AvgIpc) is 2.08. The third-order valence-corrected chi connectivity index (χ3v) is 1.75. The van der Waals surface area contributed by atoms with Crippen LogP contribution in [0.25, 0.3) is 0 Å². The first-order chi connectivity index (χ1) is 6.09. The number of amides is 1. The zero-order chi connectivity index (χ0) is 9.84. The van der Waals surface area contributed by atoms with E-state index in [-0.39, 0.29) is 0 Å². The molecule has 0 heterocycles. The first-order valence-electron chi connectivity index (χ1n) is 3.91. The maximum Gasteiger partial charge on any atom is 0.244 e. The Kier molecular flexibility index (Phi) is 2.69. The van der Waals surface area contributed by atoms with Gasteiger partial charge >= 0.3 is 0 Å². The van der Waals surface area contributed by atoms with E-state index in [9.17, 15) is 4.79 Å². The Hall–Kier alpha value is -1.77. The lowest BCUT2D eigenvalue weighted by atomic mass is 10.1. The largest absolute Gasteiger partial charge is 0.399 e. The molecule has 3 nitrogen and oxygen atoms in total. The van der Waals surface area contributed by atoms with Crippen LogP contribution in [0.15, 0.2) is 36.4 Å². The number of carbonyl (C=O) groups excluding carboxylic acids is 1. The van der Waals surface area contributed by atoms with Crippen molar-refractivity contribution in [1.82, 2.24) is 0 Å². The number of nitrogens with two attached hydrogens (primary N) is 2. The summed E-state index contributed by atoms with van der Waals surface area (Å²) in [6, 6.07) is 7.26. The molecule has 0 fully saturated rings. The highest BCUT2D eigenvalue weighted by atomic mass is 16.1. The van der Waals surface area contributed by atoms with Gasteiger partial charge in [-0.2, -0.15) is 0 Å². The Bertz CT molecular complexity index is 327. The van der Waals surface area contributed by atoms with Crippen molar-refractivity contribution in [2.45, 2.75) is 6.42 Å². The molecule has 0 saturated heterocycles. The van der Waals surface area contributed by atoms with Gasteiger partial charge < -0.3 is 11.5 Å². The number of carbonyl (C=O) groups is 1. The van der Waals surface area contributed by atoms with Gasteiger partial charge in [0.05, 0.1) is 0 Å². The minimum Gasteiger partial charge on any atom is -0.399 e. The smallest absolute Gasteiger partial charge is 0.244 e. The van der Waals surface area contributed by atoms with Gasteiger partial charge in [-0.3, -0.25) is 4.79 Å². The van der Waals surface area contributed by atoms with Crippen LogP contribution in [-0.2, 0) is 11.2 Å². The Morgan fingerprint density at radius 1 is 1.31 bits per heavy atom. The normalized spacial score (nSPS) is 9.54. The van der Waals surface area contributed by atoms with E-state index in [0.29, 0.717) is 17.7 Å². The van der Waals surface area contributed by atoms with Gasteiger partial charge in [0.15, 0.2) is 0 Å². The number of hydrogen-bond donors (Lipinski definition) is 2. The lowest BCUT2D eigenvalue weighted by Crippen LogP contribution is -2.14. The molecule has 0 unspecified atom stereocenters. The first-order valence-corrected chi connectivity index (χ1v) is 3.91. The minimum atomic E-state index is -0.461. The fourth-order valence-corrected chi connectivity index (χ4v) is 0.969. The molecule has 1 rings (SSSR count). The Morgan fingerprint density at radius 2 is 1.85 bits per heavy atom. The van der Waals surface area contributed by atoms with Crippen LogP contribution in [0.1, 0.15) is 5.56 Å². The minimum absolute atomic E-state index is 0.407. The molecule has 0 aromatic heterocycles. The number of rotatable bonds is 3. The molecule has 0 aliphatic heterocycles. The van der Waals surface area contributed by atoms with Gasteiger partial charge in [-0.05, 0) is 17.7 Å². The van der Waals surface area contributed by atoms with Crippen molar-refractivity contribution in [3.63, 3.8) is 0 Å². The zero-order valence-corrected chi connectivity index (χ0v) is 7.29. The molecule has 0 bridgehead atoms. The van der Waals surface area contributed by atoms with Gasteiger partial charge in [0.2, 0.25) is 5.91 Å². The molecule has 1 amide bonds. The summed E-state index contributed by atoms with van der Waals surface area (Å²) < 4.78 is 0. The van der Waals surface area contributed by atoms with Crippen LogP contribution in [0, 0.1) is 0 Å². The van der Waals surface area contributed by atoms with Crippen LogP contribution in [-0.4, -0.2) is 5.91 Å². The summed E-state index contributed by atoms with van der Waals surface area (Å²) in [7, 11) is 0. The van der Waals surface area contributed by atoms with Crippen LogP contribution in [0.4, 0.5) is 5.69 Å². The highest BCUT2D eigenvalue weighted by Gasteiger charge is 2.02. The number of hydrogen-bond acceptors (Lipinski definition) is 2. The van der Waals surface area contributed by atoms with Crippen molar-refractivity contribution in [3.8, 4) is 0 Å². The summed E-state index contributed by atoms with van der Waals surface area (Å²) in [5.41, 5.74) is 12.6. The highest BCUT2D eigenvalue weighted by molar-refractivity contribution is 5.91. The van der Waals surface area contributed by atoms with E-state index in [2.05, 4.69) is 6.58 Å². The first kappa shape index (κ1) is 9.32. The molecular weight excluding hydrogens is 164 g/mol. The predicted molar refractivity (Wildman–Crippen MR) is 52.9 cm³/mol. The topological polar surface area (TPSA) is 69.1 Å². The molecule has 13 heavy (non-hydrogen) atoms. The van der Waals surface area contributed by atoms with Gasteiger partial charge in [0, 0.05) is 17.7 Å². The lowest BCUT2D eigenvalue weighted by molar-refractivity contribution is -0.114. The van der Waals surface area contributed by atoms with Crippen molar-refractivity contribution in [3.05, 3.63) is 42.0 Å². The third kappa shape index (κ3) is 2.63. The summed E-state index contributed by atoms with van der Waals surface area (Å²) in [6.45, 7) is 3.57. The van der Waals surface area contributed by atoms with Crippen LogP contribution >= 0.6 is 0 Å². The maximum atomic E-state index is 10.7. The SMILES string of the molecule is C=C(Cc1ccc(N)cc1)C(N)=O. The quantitative estimate of drug-likeness (QED) is 0.529. The second kappa shape index (κ2) is 3.76. The number of benzene rings is 1. The molecular formula is C10H12N2O. The number of anilines is 1. The zero-order valence-electron chi connectivity index (χ0n) is 7.29. The average molecular weight is 176 g/mol. The van der Waals surface area contributed by atoms with Gasteiger partial charge in [0.25, 0.3) is 0 Å². The summed E-state index contributed by atoms with van der Waals surface area (Å²) in [4.78, 5) is 10.7. The van der Waals surface area contributed by atoms with Crippen molar-refractivity contribution in [2.75, 3.05) is 5.73 Å². The fourth-order valence-electron chi connectivity index (χ4n) is 0.969. The van der Waals surface area contributed by atoms with Crippen molar-refractivity contribution >= 4 is 11.6 Å². The van der Waals surface area contributed by atoms with E-state index in [0.717, 1.165) is 5.56 Å². The second-order valence-corrected chi connectivity index (χ2v) is 2.89. The molecule has 0 saturated carbocycles. The standard InChI is InChI=1S/C10H12N2O/c1-7(10(12)13)6-8-2-4-9(11)5-3-8/h2-5H,1,6,11H2,(H2,12,13). The van der Waals surface area contributed by atoms with Gasteiger partial charge in [-0.25, -0.2) is 0 Å². The molecule has 68 valence electrons. The molecule has 0 aliphatic carbocycles. The molecule has 1 aromatic carbocycles. The van der Waals surface area contributed by atoms with Crippen molar-refractivity contribution in [1.29, 1.82) is 0 Å². The molecule has 4 N–H and O–H groups in total. The summed E-state index contributed by atoms with van der Waals surface area (Å²) in [6.07, 6.45) is 0.482. The highest BCUT2D eigenvalue weighted by Crippen LogP contribution is 2.09. The molecule has 3 heteroatoms. The van der Waals surface area contributed by atoms with E-state index >= 15 is 0 Å². The van der Waals surface area contributed by atoms with Crippen LogP contribution in [0.5, 0.6) is 0 Å². The van der Waals surface area contributed by atoms with Crippen molar-refractivity contribution in [2.24, 2.45) is 5.73 Å². The molecule has 0 spiro atoms. The lowest BCUT2D eigenvalue weighted by Gasteiger charge is -2.01. The number of nitrogen functional groups attached to an aromatic ring is 1. The van der Waals surface area contributed by atoms with E-state index in [4.69, 9.17) is 11.5 Å². The van der Waals surface area contributed by atoms with Gasteiger partial charge in [0.1, 0.15) is 0 Å². The molecule has 0 radical (unpaired) electrons. The Balaban J connectivity index is 2.70. The Morgan fingerprint density at radius 3 is 2.31 bits per heavy atom. The molecule has 1 aromatic rings. The van der Waals surface area contributed by atoms with Crippen LogP contribution in [0.3, 0.4) is 0 Å². The van der Waals surface area contributed by atoms with E-state index in [1.807, 2.05) is 12.1 Å². The fraction of sp³-hybridized carbons (Fsp3) is 0.100. The number of primary amides is 1. The Labute approximate surface area is 77.0 Å². The third-order valence-electron chi connectivity index (χ3n) is 1.75. The molecule has 0 aliphatic rings. The maximum absolute atomic E-state index is 10.7. The van der Waals surface area contributed by atoms with E-state index in [1.165, 1.54) is 0 Å². The van der Waals surface area contributed by atoms with Gasteiger partial charge in [-0.1, -0.05) is 18.7 Å². The van der Waals surface area contributed by atoms with E-state index in [1.54, 1.807) is 12.1 Å². The molecule has 0 atom stereocenters. The summed E-state index contributed by atoms with van der Waals surface area (Å²) in [5, 5.41) is 0.